The minimum Gasteiger partial charge on any atom is -0.359 e. The average Bonchev–Trinajstić information content (AvgIpc) is 2.93. The van der Waals surface area contributed by atoms with Gasteiger partial charge in [0.25, 0.3) is 0 Å². The molecule has 0 bridgehead atoms. The van der Waals surface area contributed by atoms with E-state index in [0.717, 1.165) is 12.1 Å². The monoisotopic (exact) mass is 362 g/mol. The molecule has 0 unspecified atom stereocenters. The lowest BCUT2D eigenvalue weighted by Crippen LogP contribution is -2.22. The Morgan fingerprint density at radius 2 is 1.96 bits per heavy atom. The first-order chi connectivity index (χ1) is 11.8. The van der Waals surface area contributed by atoms with E-state index in [4.69, 9.17) is 4.74 Å². The van der Waals surface area contributed by atoms with Crippen molar-refractivity contribution in [2.45, 2.75) is 32.4 Å². The summed E-state index contributed by atoms with van der Waals surface area (Å²) in [6.45, 7) is 7.78. The van der Waals surface area contributed by atoms with Crippen LogP contribution in [0.1, 0.15) is 0 Å². The Bertz CT molecular complexity index is 892. The van der Waals surface area contributed by atoms with Crippen molar-refractivity contribution in [3.63, 3.8) is 0 Å². The van der Waals surface area contributed by atoms with E-state index in [0.29, 0.717) is 23.5 Å². The van der Waals surface area contributed by atoms with Gasteiger partial charge in [-0.1, -0.05) is 19.6 Å². The van der Waals surface area contributed by atoms with Gasteiger partial charge in [-0.2, -0.15) is 5.10 Å². The van der Waals surface area contributed by atoms with Crippen LogP contribution >= 0.6 is 0 Å². The first kappa shape index (κ1) is 17.6. The third kappa shape index (κ3) is 4.26. The van der Waals surface area contributed by atoms with Crippen LogP contribution < -0.4 is 0 Å². The van der Waals surface area contributed by atoms with Gasteiger partial charge in [-0.15, -0.1) is 0 Å². The summed E-state index contributed by atoms with van der Waals surface area (Å²) in [6.07, 6.45) is 3.05. The van der Waals surface area contributed by atoms with Gasteiger partial charge in [-0.3, -0.25) is 0 Å². The summed E-state index contributed by atoms with van der Waals surface area (Å²) in [6, 6.07) is 4.44. The molecule has 5 nitrogen and oxygen atoms in total. The Morgan fingerprint density at radius 1 is 1.16 bits per heavy atom. The minimum absolute atomic E-state index is 0.197. The van der Waals surface area contributed by atoms with Gasteiger partial charge < -0.3 is 4.74 Å². The van der Waals surface area contributed by atoms with Crippen LogP contribution in [-0.4, -0.2) is 34.4 Å². The van der Waals surface area contributed by atoms with Crippen molar-refractivity contribution in [2.24, 2.45) is 0 Å². The molecule has 2 aromatic heterocycles. The molecule has 0 radical (unpaired) electrons. The van der Waals surface area contributed by atoms with Crippen molar-refractivity contribution >= 4 is 19.2 Å². The molecule has 25 heavy (non-hydrogen) atoms. The molecule has 1 aromatic carbocycles. The first-order valence-corrected chi connectivity index (χ1v) is 11.8. The summed E-state index contributed by atoms with van der Waals surface area (Å²) in [4.78, 5) is 8.68. The molecule has 132 valence electrons. The van der Waals surface area contributed by atoms with E-state index in [1.165, 1.54) is 18.3 Å². The van der Waals surface area contributed by atoms with Crippen LogP contribution in [0.15, 0.2) is 30.6 Å². The highest BCUT2D eigenvalue weighted by atomic mass is 28.3. The van der Waals surface area contributed by atoms with E-state index < -0.39 is 19.7 Å². The van der Waals surface area contributed by atoms with E-state index in [-0.39, 0.29) is 12.3 Å². The second-order valence-electron chi connectivity index (χ2n) is 7.08. The number of fused-ring (bicyclic) bond motifs is 1. The lowest BCUT2D eigenvalue weighted by Gasteiger charge is -2.15. The molecule has 0 saturated heterocycles. The molecular formula is C17H20F2N4OSi. The van der Waals surface area contributed by atoms with E-state index >= 15 is 0 Å². The Morgan fingerprint density at radius 3 is 2.68 bits per heavy atom. The Kier molecular flexibility index (Phi) is 4.91. The second-order valence-corrected chi connectivity index (χ2v) is 12.7. The molecular weight excluding hydrogens is 342 g/mol. The molecule has 0 atom stereocenters. The number of ether oxygens (including phenoxy) is 1. The fourth-order valence-corrected chi connectivity index (χ4v) is 3.06. The predicted octanol–water partition coefficient (Wildman–Crippen LogP) is 4.08. The van der Waals surface area contributed by atoms with Crippen LogP contribution in [0, 0.1) is 11.6 Å². The Labute approximate surface area is 145 Å². The topological polar surface area (TPSA) is 52.8 Å². The quantitative estimate of drug-likeness (QED) is 0.490. The molecule has 0 saturated carbocycles. The lowest BCUT2D eigenvalue weighted by atomic mass is 10.1. The molecule has 8 heteroatoms. The first-order valence-electron chi connectivity index (χ1n) is 8.05. The third-order valence-electron chi connectivity index (χ3n) is 3.76. The van der Waals surface area contributed by atoms with Crippen LogP contribution in [0.5, 0.6) is 0 Å². The molecule has 2 heterocycles. The maximum absolute atomic E-state index is 14.0. The maximum Gasteiger partial charge on any atom is 0.179 e. The van der Waals surface area contributed by atoms with Crippen molar-refractivity contribution < 1.29 is 13.5 Å². The van der Waals surface area contributed by atoms with Crippen molar-refractivity contribution in [2.75, 3.05) is 6.61 Å². The number of halogens is 2. The SMILES string of the molecule is C[Si](C)(C)CCOCn1ncc2ncc(-c3ccc(F)cc3F)nc21. The molecule has 0 aliphatic rings. The number of hydrogen-bond donors (Lipinski definition) is 0. The zero-order chi connectivity index (χ0) is 18.0. The average molecular weight is 362 g/mol. The van der Waals surface area contributed by atoms with Crippen LogP contribution in [0.3, 0.4) is 0 Å². The predicted molar refractivity (Wildman–Crippen MR) is 94.8 cm³/mol. The number of benzene rings is 1. The van der Waals surface area contributed by atoms with Gasteiger partial charge in [0.1, 0.15) is 23.9 Å². The van der Waals surface area contributed by atoms with Gasteiger partial charge in [-0.05, 0) is 18.2 Å². The normalized spacial score (nSPS) is 12.0. The Balaban J connectivity index is 1.82. The highest BCUT2D eigenvalue weighted by Crippen LogP contribution is 2.23. The molecule has 0 aliphatic carbocycles. The van der Waals surface area contributed by atoms with Gasteiger partial charge in [-0.25, -0.2) is 23.4 Å². The summed E-state index contributed by atoms with van der Waals surface area (Å²) in [5, 5.41) is 4.22. The van der Waals surface area contributed by atoms with Crippen molar-refractivity contribution in [1.29, 1.82) is 0 Å². The van der Waals surface area contributed by atoms with Crippen LogP contribution in [-0.2, 0) is 11.5 Å². The summed E-state index contributed by atoms with van der Waals surface area (Å²) < 4.78 is 34.3. The standard InChI is InChI=1S/C17H20F2N4OSi/c1-25(2,3)7-6-24-11-23-17-16(10-21-23)20-9-15(22-17)13-5-4-12(18)8-14(13)19/h4-5,8-10H,6-7,11H2,1-3H3. The largest absolute Gasteiger partial charge is 0.359 e. The second kappa shape index (κ2) is 6.97. The number of aromatic nitrogens is 4. The molecule has 0 fully saturated rings. The number of hydrogen-bond acceptors (Lipinski definition) is 4. The van der Waals surface area contributed by atoms with Crippen LogP contribution in [0.25, 0.3) is 22.4 Å². The van der Waals surface area contributed by atoms with E-state index in [2.05, 4.69) is 34.7 Å². The molecule has 3 aromatic rings. The number of rotatable bonds is 6. The summed E-state index contributed by atoms with van der Waals surface area (Å²) in [5.41, 5.74) is 1.63. The molecule has 0 N–H and O–H groups in total. The Hall–Kier alpha value is -2.19. The fourth-order valence-electron chi connectivity index (χ4n) is 2.30. The van der Waals surface area contributed by atoms with Crippen LogP contribution in [0.2, 0.25) is 25.7 Å². The van der Waals surface area contributed by atoms with Crippen molar-refractivity contribution in [3.8, 4) is 11.3 Å². The highest BCUT2D eigenvalue weighted by molar-refractivity contribution is 6.76. The van der Waals surface area contributed by atoms with E-state index in [9.17, 15) is 8.78 Å². The van der Waals surface area contributed by atoms with E-state index in [1.807, 2.05) is 0 Å². The van der Waals surface area contributed by atoms with Crippen LogP contribution in [0.4, 0.5) is 8.78 Å². The third-order valence-corrected chi connectivity index (χ3v) is 5.47. The molecule has 0 aliphatic heterocycles. The van der Waals surface area contributed by atoms with Gasteiger partial charge >= 0.3 is 0 Å². The highest BCUT2D eigenvalue weighted by Gasteiger charge is 2.14. The summed E-state index contributed by atoms with van der Waals surface area (Å²) in [5.74, 6) is -1.30. The molecule has 0 spiro atoms. The summed E-state index contributed by atoms with van der Waals surface area (Å²) >= 11 is 0. The fraction of sp³-hybridized carbons (Fsp3) is 0.353. The van der Waals surface area contributed by atoms with Gasteiger partial charge in [0.2, 0.25) is 0 Å². The number of nitrogens with zero attached hydrogens (tertiary/aromatic N) is 4. The summed E-state index contributed by atoms with van der Waals surface area (Å²) in [7, 11) is -1.15. The molecule has 0 amide bonds. The molecule has 3 rings (SSSR count). The van der Waals surface area contributed by atoms with Gasteiger partial charge in [0, 0.05) is 26.3 Å². The smallest absolute Gasteiger partial charge is 0.179 e. The lowest BCUT2D eigenvalue weighted by molar-refractivity contribution is 0.0813. The van der Waals surface area contributed by atoms with Crippen molar-refractivity contribution in [1.82, 2.24) is 19.7 Å². The van der Waals surface area contributed by atoms with Gasteiger partial charge in [0.05, 0.1) is 18.1 Å². The van der Waals surface area contributed by atoms with Gasteiger partial charge in [0.15, 0.2) is 5.65 Å². The minimum atomic E-state index is -1.15. The zero-order valence-corrected chi connectivity index (χ0v) is 15.5. The maximum atomic E-state index is 14.0. The van der Waals surface area contributed by atoms with E-state index in [1.54, 1.807) is 10.9 Å². The van der Waals surface area contributed by atoms with Crippen molar-refractivity contribution in [3.05, 3.63) is 42.2 Å². The zero-order valence-electron chi connectivity index (χ0n) is 14.5.